The molecule has 2 N–H and O–H groups in total. The number of benzene rings is 3. The fraction of sp³-hybridized carbons (Fsp3) is 0.125. The number of imidazole rings is 1. The minimum atomic E-state index is -0.390. The number of halogens is 1. The molecule has 0 aliphatic carbocycles. The number of fused-ring (bicyclic) bond motifs is 1. The lowest BCUT2D eigenvalue weighted by Gasteiger charge is -2.16. The number of para-hydroxylation sites is 2. The number of carbonyl (C=O) groups is 2. The molecule has 1 heterocycles. The van der Waals surface area contributed by atoms with E-state index in [-0.39, 0.29) is 18.4 Å². The van der Waals surface area contributed by atoms with Crippen LogP contribution in [0.1, 0.15) is 29.1 Å². The summed E-state index contributed by atoms with van der Waals surface area (Å²) in [5, 5.41) is 5.90. The highest BCUT2D eigenvalue weighted by Gasteiger charge is 2.20. The van der Waals surface area contributed by atoms with Crippen LogP contribution in [-0.4, -0.2) is 21.4 Å². The topological polar surface area (TPSA) is 76.0 Å². The van der Waals surface area contributed by atoms with Gasteiger partial charge >= 0.3 is 0 Å². The number of carbonyl (C=O) groups excluding carboxylic acids is 2. The Morgan fingerprint density at radius 2 is 1.74 bits per heavy atom. The molecule has 0 aliphatic heterocycles. The van der Waals surface area contributed by atoms with Crippen LogP contribution in [0.25, 0.3) is 11.0 Å². The molecule has 4 aromatic rings. The summed E-state index contributed by atoms with van der Waals surface area (Å²) < 4.78 is 2.73. The van der Waals surface area contributed by atoms with Crippen molar-refractivity contribution < 1.29 is 9.59 Å². The first-order valence-corrected chi connectivity index (χ1v) is 10.7. The summed E-state index contributed by atoms with van der Waals surface area (Å²) in [4.78, 5) is 30.1. The zero-order valence-electron chi connectivity index (χ0n) is 16.9. The van der Waals surface area contributed by atoms with E-state index in [9.17, 15) is 9.59 Å². The Labute approximate surface area is 188 Å². The van der Waals surface area contributed by atoms with Gasteiger partial charge in [0.1, 0.15) is 12.4 Å². The van der Waals surface area contributed by atoms with Gasteiger partial charge in [0.05, 0.1) is 17.1 Å². The van der Waals surface area contributed by atoms with Gasteiger partial charge in [-0.25, -0.2) is 4.98 Å². The maximum atomic E-state index is 12.8. The monoisotopic (exact) mass is 476 g/mol. The van der Waals surface area contributed by atoms with Crippen molar-refractivity contribution in [2.45, 2.75) is 19.5 Å². The maximum Gasteiger partial charge on any atom is 0.251 e. The largest absolute Gasteiger partial charge is 0.342 e. The predicted molar refractivity (Wildman–Crippen MR) is 125 cm³/mol. The Bertz CT molecular complexity index is 1240. The smallest absolute Gasteiger partial charge is 0.251 e. The summed E-state index contributed by atoms with van der Waals surface area (Å²) in [7, 11) is 0. The van der Waals surface area contributed by atoms with Crippen molar-refractivity contribution in [3.05, 3.63) is 94.7 Å². The van der Waals surface area contributed by atoms with Gasteiger partial charge in [0.2, 0.25) is 5.91 Å². The molecule has 4 rings (SSSR count). The van der Waals surface area contributed by atoms with Crippen molar-refractivity contribution in [1.82, 2.24) is 14.9 Å². The predicted octanol–water partition coefficient (Wildman–Crippen LogP) is 4.93. The number of anilines is 1. The van der Waals surface area contributed by atoms with Gasteiger partial charge < -0.3 is 15.2 Å². The third-order valence-electron chi connectivity index (χ3n) is 4.87. The van der Waals surface area contributed by atoms with E-state index in [1.807, 2.05) is 78.2 Å². The molecule has 1 atom stereocenters. The fourth-order valence-corrected chi connectivity index (χ4v) is 3.83. The molecule has 3 aromatic carbocycles. The summed E-state index contributed by atoms with van der Waals surface area (Å²) in [5.41, 5.74) is 2.89. The summed E-state index contributed by atoms with van der Waals surface area (Å²) in [5.74, 6) is 0.254. The molecule has 0 fully saturated rings. The lowest BCUT2D eigenvalue weighted by atomic mass is 10.2. The average Bonchev–Trinajstić information content (AvgIpc) is 3.13. The number of rotatable bonds is 6. The number of nitrogens with zero attached hydrogens (tertiary/aromatic N) is 2. The quantitative estimate of drug-likeness (QED) is 0.414. The van der Waals surface area contributed by atoms with Gasteiger partial charge in [-0.2, -0.15) is 0 Å². The molecule has 0 saturated heterocycles. The molecule has 156 valence electrons. The van der Waals surface area contributed by atoms with Crippen LogP contribution in [0.15, 0.2) is 83.3 Å². The first-order chi connectivity index (χ1) is 15.0. The van der Waals surface area contributed by atoms with E-state index in [1.165, 1.54) is 0 Å². The van der Waals surface area contributed by atoms with Crippen LogP contribution in [0.3, 0.4) is 0 Å². The Balaban J connectivity index is 1.59. The second kappa shape index (κ2) is 9.14. The highest BCUT2D eigenvalue weighted by molar-refractivity contribution is 9.10. The van der Waals surface area contributed by atoms with E-state index in [1.54, 1.807) is 12.1 Å². The first kappa shape index (κ1) is 20.8. The Hall–Kier alpha value is -3.45. The van der Waals surface area contributed by atoms with Crippen molar-refractivity contribution >= 4 is 44.5 Å². The molecule has 2 amide bonds. The summed E-state index contributed by atoms with van der Waals surface area (Å²) in [6, 6.07) is 23.7. The van der Waals surface area contributed by atoms with Gasteiger partial charge in [-0.05, 0) is 49.4 Å². The zero-order valence-corrected chi connectivity index (χ0v) is 18.5. The van der Waals surface area contributed by atoms with Gasteiger partial charge in [-0.1, -0.05) is 52.3 Å². The van der Waals surface area contributed by atoms with E-state index in [0.29, 0.717) is 17.1 Å². The number of amides is 2. The standard InChI is InChI=1S/C24H21BrN4O2/c1-16(26-24(31)17-8-3-2-4-9-17)23-28-20-12-5-6-13-21(20)29(23)15-22(30)27-19-11-7-10-18(25)14-19/h2-14,16H,15H2,1H3,(H,26,31)(H,27,30). The highest BCUT2D eigenvalue weighted by Crippen LogP contribution is 2.22. The van der Waals surface area contributed by atoms with Crippen LogP contribution >= 0.6 is 15.9 Å². The molecule has 31 heavy (non-hydrogen) atoms. The van der Waals surface area contributed by atoms with Crippen molar-refractivity contribution in [2.24, 2.45) is 0 Å². The molecular weight excluding hydrogens is 456 g/mol. The third kappa shape index (κ3) is 4.83. The minimum Gasteiger partial charge on any atom is -0.342 e. The van der Waals surface area contributed by atoms with Crippen LogP contribution in [-0.2, 0) is 11.3 Å². The second-order valence-corrected chi connectivity index (χ2v) is 8.08. The normalized spacial score (nSPS) is 11.8. The second-order valence-electron chi connectivity index (χ2n) is 7.16. The van der Waals surface area contributed by atoms with Gasteiger partial charge in [0.25, 0.3) is 5.91 Å². The molecule has 0 bridgehead atoms. The van der Waals surface area contributed by atoms with Crippen molar-refractivity contribution in [2.75, 3.05) is 5.32 Å². The molecule has 1 unspecified atom stereocenters. The Kier molecular flexibility index (Phi) is 6.13. The number of hydrogen-bond donors (Lipinski definition) is 2. The van der Waals surface area contributed by atoms with Crippen LogP contribution in [0.4, 0.5) is 5.69 Å². The number of nitrogens with one attached hydrogen (secondary N) is 2. The number of hydrogen-bond acceptors (Lipinski definition) is 3. The molecule has 0 radical (unpaired) electrons. The van der Waals surface area contributed by atoms with E-state index < -0.39 is 6.04 Å². The first-order valence-electron chi connectivity index (χ1n) is 9.88. The minimum absolute atomic E-state index is 0.0773. The van der Waals surface area contributed by atoms with Crippen molar-refractivity contribution in [1.29, 1.82) is 0 Å². The summed E-state index contributed by atoms with van der Waals surface area (Å²) in [6.45, 7) is 1.94. The van der Waals surface area contributed by atoms with Crippen LogP contribution in [0.2, 0.25) is 0 Å². The van der Waals surface area contributed by atoms with E-state index >= 15 is 0 Å². The SMILES string of the molecule is CC(NC(=O)c1ccccc1)c1nc2ccccc2n1CC(=O)Nc1cccc(Br)c1. The average molecular weight is 477 g/mol. The van der Waals surface area contributed by atoms with E-state index in [4.69, 9.17) is 4.98 Å². The fourth-order valence-electron chi connectivity index (χ4n) is 3.44. The lowest BCUT2D eigenvalue weighted by molar-refractivity contribution is -0.116. The van der Waals surface area contributed by atoms with Gasteiger partial charge in [0.15, 0.2) is 0 Å². The van der Waals surface area contributed by atoms with Gasteiger partial charge in [-0.15, -0.1) is 0 Å². The molecule has 1 aromatic heterocycles. The summed E-state index contributed by atoms with van der Waals surface area (Å²) >= 11 is 3.41. The summed E-state index contributed by atoms with van der Waals surface area (Å²) in [6.07, 6.45) is 0. The Morgan fingerprint density at radius 1 is 1.00 bits per heavy atom. The third-order valence-corrected chi connectivity index (χ3v) is 5.36. The Morgan fingerprint density at radius 3 is 2.52 bits per heavy atom. The molecule has 0 aliphatic rings. The van der Waals surface area contributed by atoms with Crippen molar-refractivity contribution in [3.63, 3.8) is 0 Å². The molecular formula is C24H21BrN4O2. The number of aromatic nitrogens is 2. The maximum absolute atomic E-state index is 12.8. The van der Waals surface area contributed by atoms with Crippen LogP contribution in [0.5, 0.6) is 0 Å². The van der Waals surface area contributed by atoms with Crippen LogP contribution < -0.4 is 10.6 Å². The highest BCUT2D eigenvalue weighted by atomic mass is 79.9. The van der Waals surface area contributed by atoms with Crippen LogP contribution in [0, 0.1) is 0 Å². The molecule has 7 heteroatoms. The van der Waals surface area contributed by atoms with E-state index in [2.05, 4.69) is 26.6 Å². The van der Waals surface area contributed by atoms with Gasteiger partial charge in [0, 0.05) is 15.7 Å². The zero-order chi connectivity index (χ0) is 21.8. The molecule has 0 spiro atoms. The van der Waals surface area contributed by atoms with E-state index in [0.717, 1.165) is 15.5 Å². The van der Waals surface area contributed by atoms with Gasteiger partial charge in [-0.3, -0.25) is 9.59 Å². The lowest BCUT2D eigenvalue weighted by Crippen LogP contribution is -2.30. The van der Waals surface area contributed by atoms with Crippen molar-refractivity contribution in [3.8, 4) is 0 Å². The molecule has 0 saturated carbocycles. The molecule has 6 nitrogen and oxygen atoms in total.